The van der Waals surface area contributed by atoms with Gasteiger partial charge in [0.05, 0.1) is 0 Å². The third kappa shape index (κ3) is 2.45. The Morgan fingerprint density at radius 1 is 1.35 bits per heavy atom. The second-order valence-electron chi connectivity index (χ2n) is 5.64. The quantitative estimate of drug-likeness (QED) is 0.876. The van der Waals surface area contributed by atoms with Crippen molar-refractivity contribution in [2.24, 2.45) is 5.41 Å². The van der Waals surface area contributed by atoms with Gasteiger partial charge in [0.25, 0.3) is 0 Å². The maximum absolute atomic E-state index is 12.4. The average molecular weight is 276 g/mol. The van der Waals surface area contributed by atoms with Gasteiger partial charge in [0.1, 0.15) is 0 Å². The Hall–Kier alpha value is -1.75. The van der Waals surface area contributed by atoms with Crippen LogP contribution in [0.15, 0.2) is 18.2 Å². The van der Waals surface area contributed by atoms with Crippen molar-refractivity contribution in [1.29, 1.82) is 0 Å². The van der Waals surface area contributed by atoms with Gasteiger partial charge in [-0.1, -0.05) is 19.1 Å². The summed E-state index contributed by atoms with van der Waals surface area (Å²) in [7, 11) is 0. The summed E-state index contributed by atoms with van der Waals surface area (Å²) in [5.41, 5.74) is 0.700. The number of amides is 1. The first-order valence-corrected chi connectivity index (χ1v) is 7.06. The highest BCUT2D eigenvalue weighted by molar-refractivity contribution is 5.82. The highest BCUT2D eigenvalue weighted by Crippen LogP contribution is 2.35. The monoisotopic (exact) mass is 276 g/mol. The number of benzene rings is 1. The lowest BCUT2D eigenvalue weighted by atomic mass is 9.80. The molecule has 0 atom stereocenters. The second-order valence-corrected chi connectivity index (χ2v) is 5.64. The smallest absolute Gasteiger partial charge is 0.231 e. The molecule has 2 N–H and O–H groups in total. The molecule has 0 unspecified atom stereocenters. The summed E-state index contributed by atoms with van der Waals surface area (Å²) < 4.78 is 10.8. The predicted octanol–water partition coefficient (Wildman–Crippen LogP) is 1.42. The topological polar surface area (TPSA) is 59.6 Å². The number of carbonyl (C=O) groups is 1. The first-order chi connectivity index (χ1) is 9.69. The third-order valence-electron chi connectivity index (χ3n) is 4.17. The van der Waals surface area contributed by atoms with Crippen LogP contribution >= 0.6 is 0 Å². The molecule has 20 heavy (non-hydrogen) atoms. The molecule has 2 aliphatic heterocycles. The lowest BCUT2D eigenvalue weighted by Gasteiger charge is -2.32. The number of carbonyl (C=O) groups excluding carboxylic acids is 1. The zero-order valence-electron chi connectivity index (χ0n) is 11.7. The molecule has 5 heteroatoms. The van der Waals surface area contributed by atoms with Crippen LogP contribution in [0, 0.1) is 5.41 Å². The Labute approximate surface area is 118 Å². The van der Waals surface area contributed by atoms with Crippen LogP contribution in [0.3, 0.4) is 0 Å². The number of para-hydroxylation sites is 1. The van der Waals surface area contributed by atoms with E-state index in [0.29, 0.717) is 6.54 Å². The molecule has 5 nitrogen and oxygen atoms in total. The zero-order valence-corrected chi connectivity index (χ0v) is 11.7. The molecule has 1 fully saturated rings. The molecule has 1 saturated heterocycles. The molecular weight excluding hydrogens is 256 g/mol. The van der Waals surface area contributed by atoms with E-state index in [4.69, 9.17) is 9.47 Å². The van der Waals surface area contributed by atoms with Crippen molar-refractivity contribution in [3.63, 3.8) is 0 Å². The van der Waals surface area contributed by atoms with E-state index in [-0.39, 0.29) is 18.1 Å². The van der Waals surface area contributed by atoms with Gasteiger partial charge in [0.15, 0.2) is 11.5 Å². The third-order valence-corrected chi connectivity index (χ3v) is 4.17. The van der Waals surface area contributed by atoms with Gasteiger partial charge in [-0.3, -0.25) is 4.79 Å². The minimum absolute atomic E-state index is 0.121. The Balaban J connectivity index is 1.65. The van der Waals surface area contributed by atoms with Crippen LogP contribution in [0.2, 0.25) is 0 Å². The van der Waals surface area contributed by atoms with E-state index in [1.54, 1.807) is 0 Å². The average Bonchev–Trinajstić information content (AvgIpc) is 2.94. The Kier molecular flexibility index (Phi) is 3.53. The fourth-order valence-electron chi connectivity index (χ4n) is 2.72. The molecular formula is C15H20N2O3. The molecule has 2 heterocycles. The summed E-state index contributed by atoms with van der Waals surface area (Å²) in [6, 6.07) is 5.75. The van der Waals surface area contributed by atoms with Gasteiger partial charge in [0.2, 0.25) is 12.7 Å². The van der Waals surface area contributed by atoms with Gasteiger partial charge in [-0.25, -0.2) is 0 Å². The molecule has 0 radical (unpaired) electrons. The molecule has 0 saturated carbocycles. The van der Waals surface area contributed by atoms with Crippen molar-refractivity contribution in [2.45, 2.75) is 26.3 Å². The maximum atomic E-state index is 12.4. The van der Waals surface area contributed by atoms with Crippen LogP contribution in [0.1, 0.15) is 25.3 Å². The Morgan fingerprint density at radius 2 is 2.15 bits per heavy atom. The van der Waals surface area contributed by atoms with Crippen molar-refractivity contribution >= 4 is 5.91 Å². The number of nitrogens with one attached hydrogen (secondary N) is 2. The van der Waals surface area contributed by atoms with Gasteiger partial charge in [-0.15, -0.1) is 0 Å². The standard InChI is InChI=1S/C15H20N2O3/c1-15(5-7-16-8-6-15)14(18)17-9-11-3-2-4-12-13(11)20-10-19-12/h2-4,16H,5-10H2,1H3,(H,17,18). The van der Waals surface area contributed by atoms with E-state index < -0.39 is 0 Å². The molecule has 1 aromatic carbocycles. The van der Waals surface area contributed by atoms with Gasteiger partial charge >= 0.3 is 0 Å². The summed E-state index contributed by atoms with van der Waals surface area (Å²) in [6.07, 6.45) is 1.76. The molecule has 2 aliphatic rings. The van der Waals surface area contributed by atoms with E-state index in [2.05, 4.69) is 10.6 Å². The molecule has 1 aromatic rings. The van der Waals surface area contributed by atoms with Gasteiger partial charge in [0, 0.05) is 17.5 Å². The Morgan fingerprint density at radius 3 is 2.95 bits per heavy atom. The minimum Gasteiger partial charge on any atom is -0.454 e. The van der Waals surface area contributed by atoms with Crippen molar-refractivity contribution in [1.82, 2.24) is 10.6 Å². The molecule has 0 spiro atoms. The van der Waals surface area contributed by atoms with Crippen LogP contribution in [0.25, 0.3) is 0 Å². The van der Waals surface area contributed by atoms with E-state index in [9.17, 15) is 4.79 Å². The predicted molar refractivity (Wildman–Crippen MR) is 74.6 cm³/mol. The molecule has 108 valence electrons. The lowest BCUT2D eigenvalue weighted by molar-refractivity contribution is -0.131. The zero-order chi connectivity index (χ0) is 14.0. The normalized spacial score (nSPS) is 19.6. The van der Waals surface area contributed by atoms with Gasteiger partial charge < -0.3 is 20.1 Å². The van der Waals surface area contributed by atoms with E-state index >= 15 is 0 Å². The fourth-order valence-corrected chi connectivity index (χ4v) is 2.72. The number of fused-ring (bicyclic) bond motifs is 1. The van der Waals surface area contributed by atoms with Crippen molar-refractivity contribution in [3.05, 3.63) is 23.8 Å². The highest BCUT2D eigenvalue weighted by Gasteiger charge is 2.34. The number of hydrogen-bond donors (Lipinski definition) is 2. The van der Waals surface area contributed by atoms with Gasteiger partial charge in [-0.2, -0.15) is 0 Å². The van der Waals surface area contributed by atoms with E-state index in [1.807, 2.05) is 25.1 Å². The van der Waals surface area contributed by atoms with E-state index in [1.165, 1.54) is 0 Å². The van der Waals surface area contributed by atoms with Crippen LogP contribution in [0.5, 0.6) is 11.5 Å². The van der Waals surface area contributed by atoms with Crippen LogP contribution in [-0.4, -0.2) is 25.8 Å². The van der Waals surface area contributed by atoms with Crippen LogP contribution in [0.4, 0.5) is 0 Å². The molecule has 0 aliphatic carbocycles. The fraction of sp³-hybridized carbons (Fsp3) is 0.533. The molecule has 0 bridgehead atoms. The Bertz CT molecular complexity index is 510. The lowest BCUT2D eigenvalue weighted by Crippen LogP contribution is -2.45. The summed E-state index contributed by atoms with van der Waals surface area (Å²) >= 11 is 0. The number of ether oxygens (including phenoxy) is 2. The van der Waals surface area contributed by atoms with Crippen LogP contribution < -0.4 is 20.1 Å². The first kappa shape index (κ1) is 13.2. The molecule has 0 aromatic heterocycles. The number of rotatable bonds is 3. The SMILES string of the molecule is CC1(C(=O)NCc2cccc3c2OCO3)CCNCC1. The maximum Gasteiger partial charge on any atom is 0.231 e. The van der Waals surface area contributed by atoms with Gasteiger partial charge in [-0.05, 0) is 32.0 Å². The largest absolute Gasteiger partial charge is 0.454 e. The first-order valence-electron chi connectivity index (χ1n) is 7.06. The minimum atomic E-state index is -0.263. The summed E-state index contributed by atoms with van der Waals surface area (Å²) in [5, 5.41) is 6.32. The van der Waals surface area contributed by atoms with Crippen LogP contribution in [-0.2, 0) is 11.3 Å². The molecule has 1 amide bonds. The summed E-state index contributed by atoms with van der Waals surface area (Å²) in [4.78, 5) is 12.4. The second kappa shape index (κ2) is 5.32. The number of piperidine rings is 1. The van der Waals surface area contributed by atoms with Crippen molar-refractivity contribution in [3.8, 4) is 11.5 Å². The van der Waals surface area contributed by atoms with Crippen molar-refractivity contribution < 1.29 is 14.3 Å². The van der Waals surface area contributed by atoms with Crippen molar-refractivity contribution in [2.75, 3.05) is 19.9 Å². The van der Waals surface area contributed by atoms with E-state index in [0.717, 1.165) is 43.0 Å². The summed E-state index contributed by atoms with van der Waals surface area (Å²) in [6.45, 7) is 4.58. The summed E-state index contributed by atoms with van der Waals surface area (Å²) in [5.74, 6) is 1.63. The molecule has 3 rings (SSSR count). The highest BCUT2D eigenvalue weighted by atomic mass is 16.7. The number of hydrogen-bond acceptors (Lipinski definition) is 4.